The molecule has 4 heteroatoms. The molecule has 0 amide bonds. The van der Waals surface area contributed by atoms with E-state index in [9.17, 15) is 4.79 Å². The van der Waals surface area contributed by atoms with Gasteiger partial charge in [0.2, 0.25) is 0 Å². The van der Waals surface area contributed by atoms with Gasteiger partial charge in [-0.1, -0.05) is 0 Å². The number of aromatic nitrogens is 2. The molecule has 2 heterocycles. The van der Waals surface area contributed by atoms with E-state index in [2.05, 4.69) is 5.10 Å². The summed E-state index contributed by atoms with van der Waals surface area (Å²) in [6.45, 7) is 3.20. The van der Waals surface area contributed by atoms with E-state index in [1.807, 2.05) is 6.92 Å². The third kappa shape index (κ3) is 1.53. The number of hydrogen-bond donors (Lipinski definition) is 0. The molecule has 0 radical (unpaired) electrons. The predicted octanol–water partition coefficient (Wildman–Crippen LogP) is -0.0495. The molecule has 64 valence electrons. The zero-order chi connectivity index (χ0) is 8.55. The molecule has 1 aliphatic rings. The van der Waals surface area contributed by atoms with Crippen molar-refractivity contribution in [1.29, 1.82) is 0 Å². The lowest BCUT2D eigenvalue weighted by atomic mass is 10.4. The van der Waals surface area contributed by atoms with E-state index >= 15 is 0 Å². The fourth-order valence-electron chi connectivity index (χ4n) is 1.05. The van der Waals surface area contributed by atoms with Crippen LogP contribution in [0, 0.1) is 6.92 Å². The number of nitrogens with zero attached hydrogens (tertiary/aromatic N) is 2. The Morgan fingerprint density at radius 3 is 3.17 bits per heavy atom. The maximum Gasteiger partial charge on any atom is 0.266 e. The van der Waals surface area contributed by atoms with E-state index < -0.39 is 0 Å². The molecular weight excluding hydrogens is 156 g/mol. The molecule has 12 heavy (non-hydrogen) atoms. The van der Waals surface area contributed by atoms with Crippen molar-refractivity contribution >= 4 is 0 Å². The summed E-state index contributed by atoms with van der Waals surface area (Å²) in [6, 6.07) is 3.25. The third-order valence-electron chi connectivity index (χ3n) is 1.78. The van der Waals surface area contributed by atoms with Gasteiger partial charge in [0.15, 0.2) is 0 Å². The van der Waals surface area contributed by atoms with Gasteiger partial charge < -0.3 is 4.74 Å². The summed E-state index contributed by atoms with van der Waals surface area (Å²) in [4.78, 5) is 11.2. The lowest BCUT2D eigenvalue weighted by molar-refractivity contribution is 0.367. The van der Waals surface area contributed by atoms with Crippen LogP contribution in [0.25, 0.3) is 0 Å². The van der Waals surface area contributed by atoms with Crippen LogP contribution >= 0.6 is 0 Å². The highest BCUT2D eigenvalue weighted by molar-refractivity contribution is 4.97. The van der Waals surface area contributed by atoms with Gasteiger partial charge in [-0.15, -0.1) is 0 Å². The second-order valence-corrected chi connectivity index (χ2v) is 2.95. The molecule has 0 saturated carbocycles. The minimum Gasteiger partial charge on any atom is -0.371 e. The average molecular weight is 166 g/mol. The van der Waals surface area contributed by atoms with E-state index in [1.165, 1.54) is 10.7 Å². The van der Waals surface area contributed by atoms with Crippen molar-refractivity contribution in [2.45, 2.75) is 19.6 Å². The highest BCUT2D eigenvalue weighted by atomic mass is 16.6. The topological polar surface area (TPSA) is 47.4 Å². The van der Waals surface area contributed by atoms with Gasteiger partial charge in [-0.05, 0) is 13.0 Å². The van der Waals surface area contributed by atoms with Crippen molar-refractivity contribution in [3.05, 3.63) is 28.2 Å². The molecule has 1 aliphatic heterocycles. The number of ether oxygens (including phenoxy) is 1. The molecule has 1 atom stereocenters. The highest BCUT2D eigenvalue weighted by Crippen LogP contribution is 2.09. The Kier molecular flexibility index (Phi) is 1.69. The lowest BCUT2D eigenvalue weighted by Gasteiger charge is -2.00. The van der Waals surface area contributed by atoms with Crippen molar-refractivity contribution in [2.75, 3.05) is 6.61 Å². The summed E-state index contributed by atoms with van der Waals surface area (Å²) >= 11 is 0. The molecule has 0 aliphatic carbocycles. The zero-order valence-electron chi connectivity index (χ0n) is 6.86. The van der Waals surface area contributed by atoms with Gasteiger partial charge >= 0.3 is 0 Å². The molecule has 0 spiro atoms. The Balaban J connectivity index is 2.27. The van der Waals surface area contributed by atoms with Crippen molar-refractivity contribution in [3.8, 4) is 0 Å². The minimum absolute atomic E-state index is 0.0592. The SMILES string of the molecule is Cc1ccc(=O)n(C[C@H]2CO2)n1. The van der Waals surface area contributed by atoms with E-state index in [-0.39, 0.29) is 11.7 Å². The van der Waals surface area contributed by atoms with Gasteiger partial charge in [-0.3, -0.25) is 4.79 Å². The number of aryl methyl sites for hydroxylation is 1. The quantitative estimate of drug-likeness (QED) is 0.579. The first-order valence-corrected chi connectivity index (χ1v) is 3.92. The first-order chi connectivity index (χ1) is 5.75. The van der Waals surface area contributed by atoms with Crippen LogP contribution < -0.4 is 5.56 Å². The van der Waals surface area contributed by atoms with Crippen LogP contribution in [0.3, 0.4) is 0 Å². The summed E-state index contributed by atoms with van der Waals surface area (Å²) in [5, 5.41) is 4.08. The minimum atomic E-state index is -0.0592. The molecule has 0 unspecified atom stereocenters. The first kappa shape index (κ1) is 7.49. The molecular formula is C8H10N2O2. The normalized spacial score (nSPS) is 20.9. The maximum atomic E-state index is 11.2. The van der Waals surface area contributed by atoms with Gasteiger partial charge in [-0.2, -0.15) is 5.10 Å². The molecule has 2 rings (SSSR count). The summed E-state index contributed by atoms with van der Waals surface area (Å²) in [6.07, 6.45) is 0.206. The fourth-order valence-corrected chi connectivity index (χ4v) is 1.05. The second-order valence-electron chi connectivity index (χ2n) is 2.95. The van der Waals surface area contributed by atoms with E-state index in [1.54, 1.807) is 6.07 Å². The van der Waals surface area contributed by atoms with Crippen LogP contribution in [-0.4, -0.2) is 22.5 Å². The van der Waals surface area contributed by atoms with Crippen molar-refractivity contribution in [1.82, 2.24) is 9.78 Å². The van der Waals surface area contributed by atoms with E-state index in [0.29, 0.717) is 6.54 Å². The van der Waals surface area contributed by atoms with Gasteiger partial charge in [0, 0.05) is 6.07 Å². The Bertz CT molecular complexity index is 341. The molecule has 0 bridgehead atoms. The Morgan fingerprint density at radius 2 is 2.50 bits per heavy atom. The summed E-state index contributed by atoms with van der Waals surface area (Å²) in [5.74, 6) is 0. The zero-order valence-corrected chi connectivity index (χ0v) is 6.86. The largest absolute Gasteiger partial charge is 0.371 e. The van der Waals surface area contributed by atoms with Gasteiger partial charge in [0.25, 0.3) is 5.56 Å². The fraction of sp³-hybridized carbons (Fsp3) is 0.500. The van der Waals surface area contributed by atoms with Gasteiger partial charge in [0.05, 0.1) is 18.8 Å². The maximum absolute atomic E-state index is 11.2. The van der Waals surface area contributed by atoms with E-state index in [4.69, 9.17) is 4.74 Å². The molecule has 0 aromatic carbocycles. The summed E-state index contributed by atoms with van der Waals surface area (Å²) < 4.78 is 6.46. The smallest absolute Gasteiger partial charge is 0.266 e. The number of epoxide rings is 1. The van der Waals surface area contributed by atoms with Crippen LogP contribution in [0.1, 0.15) is 5.69 Å². The van der Waals surface area contributed by atoms with Crippen LogP contribution in [-0.2, 0) is 11.3 Å². The Hall–Kier alpha value is -1.16. The van der Waals surface area contributed by atoms with Crippen molar-refractivity contribution in [3.63, 3.8) is 0 Å². The molecule has 1 saturated heterocycles. The average Bonchev–Trinajstić information content (AvgIpc) is 2.81. The molecule has 1 fully saturated rings. The second kappa shape index (κ2) is 2.71. The molecule has 1 aromatic heterocycles. The van der Waals surface area contributed by atoms with Crippen LogP contribution in [0.15, 0.2) is 16.9 Å². The first-order valence-electron chi connectivity index (χ1n) is 3.92. The van der Waals surface area contributed by atoms with E-state index in [0.717, 1.165) is 12.3 Å². The Labute approximate surface area is 69.8 Å². The van der Waals surface area contributed by atoms with Gasteiger partial charge in [-0.25, -0.2) is 4.68 Å². The highest BCUT2D eigenvalue weighted by Gasteiger charge is 2.23. The third-order valence-corrected chi connectivity index (χ3v) is 1.78. The van der Waals surface area contributed by atoms with Crippen molar-refractivity contribution in [2.24, 2.45) is 0 Å². The van der Waals surface area contributed by atoms with Crippen molar-refractivity contribution < 1.29 is 4.74 Å². The molecule has 4 nitrogen and oxygen atoms in total. The Morgan fingerprint density at radius 1 is 1.75 bits per heavy atom. The van der Waals surface area contributed by atoms with Crippen LogP contribution in [0.2, 0.25) is 0 Å². The van der Waals surface area contributed by atoms with Crippen LogP contribution in [0.5, 0.6) is 0 Å². The molecule has 0 N–H and O–H groups in total. The number of hydrogen-bond acceptors (Lipinski definition) is 3. The summed E-state index contributed by atoms with van der Waals surface area (Å²) in [7, 11) is 0. The lowest BCUT2D eigenvalue weighted by Crippen LogP contribution is -2.24. The summed E-state index contributed by atoms with van der Waals surface area (Å²) in [5.41, 5.74) is 0.798. The predicted molar refractivity (Wildman–Crippen MR) is 43.0 cm³/mol. The monoisotopic (exact) mass is 166 g/mol. The van der Waals surface area contributed by atoms with Gasteiger partial charge in [0.1, 0.15) is 6.10 Å². The molecule has 1 aromatic rings. The number of rotatable bonds is 2. The standard InChI is InChI=1S/C8H10N2O2/c1-6-2-3-8(11)10(9-6)4-7-5-12-7/h2-3,7H,4-5H2,1H3/t7-/m0/s1. The van der Waals surface area contributed by atoms with Crippen LogP contribution in [0.4, 0.5) is 0 Å².